The molecule has 0 saturated carbocycles. The summed E-state index contributed by atoms with van der Waals surface area (Å²) in [5, 5.41) is 0.0252. The molecular weight excluding hydrogens is 204 g/mol. The Labute approximate surface area is 92.4 Å². The van der Waals surface area contributed by atoms with Crippen molar-refractivity contribution in [1.29, 1.82) is 0 Å². The molecule has 0 bridgehead atoms. The molecule has 1 radical (unpaired) electrons. The summed E-state index contributed by atoms with van der Waals surface area (Å²) < 4.78 is 0. The molecule has 0 aromatic heterocycles. The molecule has 0 aliphatic carbocycles. The van der Waals surface area contributed by atoms with Crippen LogP contribution in [0.1, 0.15) is 6.42 Å². The minimum atomic E-state index is -2.18. The van der Waals surface area contributed by atoms with Crippen molar-refractivity contribution in [3.8, 4) is 0 Å². The first-order valence-electron chi connectivity index (χ1n) is 4.88. The van der Waals surface area contributed by atoms with Crippen LogP contribution in [-0.2, 0) is 9.59 Å². The lowest BCUT2D eigenvalue weighted by molar-refractivity contribution is -0.111. The first kappa shape index (κ1) is 13.8. The second kappa shape index (κ2) is 7.12. The fourth-order valence-corrected chi connectivity index (χ4v) is 4.96. The third-order valence-corrected chi connectivity index (χ3v) is 7.00. The topological polar surface area (TPSA) is 34.1 Å². The monoisotopic (exact) mass is 221 g/mol. The van der Waals surface area contributed by atoms with Crippen LogP contribution in [0, 0.1) is 0 Å². The minimum absolute atomic E-state index is 0.0252. The Balaban J connectivity index is 4.96. The molecule has 0 N–H and O–H groups in total. The van der Waals surface area contributed by atoms with E-state index in [-0.39, 0.29) is 11.8 Å². The molecule has 0 saturated heterocycles. The third kappa shape index (κ3) is 3.79. The average Bonchev–Trinajstić information content (AvgIpc) is 2.19. The standard InChI is InChI=1S/C12H17O2Si/c1-4-9-15(10-5-2,11-6-3)12(14)7-8-13/h4-6H,1-3,7,9-11H2. The van der Waals surface area contributed by atoms with Gasteiger partial charge < -0.3 is 4.79 Å². The van der Waals surface area contributed by atoms with E-state index in [1.165, 1.54) is 0 Å². The van der Waals surface area contributed by atoms with Crippen molar-refractivity contribution < 1.29 is 9.59 Å². The molecule has 3 heteroatoms. The van der Waals surface area contributed by atoms with Crippen LogP contribution in [0.5, 0.6) is 0 Å². The summed E-state index contributed by atoms with van der Waals surface area (Å²) in [5.41, 5.74) is 0. The molecule has 0 fully saturated rings. The molecule has 15 heavy (non-hydrogen) atoms. The van der Waals surface area contributed by atoms with Gasteiger partial charge in [0, 0.05) is 0 Å². The van der Waals surface area contributed by atoms with Crippen LogP contribution in [0.2, 0.25) is 18.1 Å². The van der Waals surface area contributed by atoms with Gasteiger partial charge in [0.2, 0.25) is 6.29 Å². The first-order chi connectivity index (χ1) is 7.16. The van der Waals surface area contributed by atoms with Crippen molar-refractivity contribution in [1.82, 2.24) is 0 Å². The van der Waals surface area contributed by atoms with Crippen LogP contribution in [0.15, 0.2) is 38.0 Å². The van der Waals surface area contributed by atoms with E-state index in [0.717, 1.165) is 0 Å². The van der Waals surface area contributed by atoms with E-state index >= 15 is 0 Å². The maximum absolute atomic E-state index is 11.9. The Bertz CT molecular complexity index is 242. The van der Waals surface area contributed by atoms with E-state index in [0.29, 0.717) is 18.1 Å². The van der Waals surface area contributed by atoms with Gasteiger partial charge in [-0.05, 0) is 18.1 Å². The van der Waals surface area contributed by atoms with Crippen LogP contribution in [0.3, 0.4) is 0 Å². The van der Waals surface area contributed by atoms with Gasteiger partial charge in [-0.3, -0.25) is 4.79 Å². The maximum atomic E-state index is 11.9. The number of carbonyl (C=O) groups excluding carboxylic acids is 2. The van der Waals surface area contributed by atoms with Gasteiger partial charge in [-0.2, -0.15) is 0 Å². The Kier molecular flexibility index (Phi) is 6.54. The van der Waals surface area contributed by atoms with Crippen molar-refractivity contribution in [3.63, 3.8) is 0 Å². The largest absolute Gasteiger partial charge is 0.305 e. The number of rotatable bonds is 9. The predicted octanol–water partition coefficient (Wildman–Crippen LogP) is 2.60. The molecule has 2 nitrogen and oxygen atoms in total. The molecular formula is C12H17O2Si. The summed E-state index contributed by atoms with van der Waals surface area (Å²) in [7, 11) is -2.18. The number of carbonyl (C=O) groups is 1. The van der Waals surface area contributed by atoms with Crippen molar-refractivity contribution in [2.24, 2.45) is 0 Å². The van der Waals surface area contributed by atoms with Gasteiger partial charge in [0.05, 0.1) is 6.42 Å². The molecule has 0 heterocycles. The van der Waals surface area contributed by atoms with Gasteiger partial charge in [-0.1, -0.05) is 18.2 Å². The fourth-order valence-electron chi connectivity index (χ4n) is 1.67. The van der Waals surface area contributed by atoms with Crippen molar-refractivity contribution in [2.45, 2.75) is 24.6 Å². The molecule has 0 atom stereocenters. The molecule has 0 aromatic carbocycles. The van der Waals surface area contributed by atoms with Gasteiger partial charge in [0.15, 0.2) is 0 Å². The Morgan fingerprint density at radius 3 is 1.73 bits per heavy atom. The molecule has 0 rings (SSSR count). The first-order valence-corrected chi connectivity index (χ1v) is 7.50. The van der Waals surface area contributed by atoms with Crippen molar-refractivity contribution >= 4 is 19.8 Å². The summed E-state index contributed by atoms with van der Waals surface area (Å²) in [4.78, 5) is 22.2. The van der Waals surface area contributed by atoms with Crippen LogP contribution < -0.4 is 0 Å². The van der Waals surface area contributed by atoms with Gasteiger partial charge in [-0.15, -0.1) is 19.7 Å². The summed E-state index contributed by atoms with van der Waals surface area (Å²) in [5.74, 6) is 0. The molecule has 0 aliphatic heterocycles. The summed E-state index contributed by atoms with van der Waals surface area (Å²) in [6.45, 7) is 11.0. The van der Waals surface area contributed by atoms with Gasteiger partial charge in [-0.25, -0.2) is 0 Å². The molecule has 81 valence electrons. The van der Waals surface area contributed by atoms with E-state index in [1.54, 1.807) is 24.5 Å². The van der Waals surface area contributed by atoms with E-state index in [2.05, 4.69) is 19.7 Å². The molecule has 0 amide bonds. The normalized spacial score (nSPS) is 10.4. The third-order valence-electron chi connectivity index (χ3n) is 2.43. The van der Waals surface area contributed by atoms with Crippen molar-refractivity contribution in [3.05, 3.63) is 38.0 Å². The number of allylic oxidation sites excluding steroid dienone is 3. The summed E-state index contributed by atoms with van der Waals surface area (Å²) in [6.07, 6.45) is 6.83. The number of hydrogen-bond donors (Lipinski definition) is 0. The smallest absolute Gasteiger partial charge is 0.205 e. The van der Waals surface area contributed by atoms with E-state index in [1.807, 2.05) is 0 Å². The van der Waals surface area contributed by atoms with Crippen LogP contribution in [0.4, 0.5) is 0 Å². The second-order valence-electron chi connectivity index (χ2n) is 3.50. The lowest BCUT2D eigenvalue weighted by Gasteiger charge is -2.25. The van der Waals surface area contributed by atoms with Crippen LogP contribution in [0.25, 0.3) is 0 Å². The van der Waals surface area contributed by atoms with Gasteiger partial charge >= 0.3 is 0 Å². The van der Waals surface area contributed by atoms with Crippen LogP contribution >= 0.6 is 0 Å². The van der Waals surface area contributed by atoms with Crippen LogP contribution in [-0.4, -0.2) is 19.8 Å². The zero-order chi connectivity index (χ0) is 11.7. The molecule has 0 aliphatic rings. The Morgan fingerprint density at radius 1 is 1.07 bits per heavy atom. The van der Waals surface area contributed by atoms with E-state index in [4.69, 9.17) is 0 Å². The Hall–Kier alpha value is -1.22. The highest BCUT2D eigenvalue weighted by molar-refractivity contribution is 7.07. The van der Waals surface area contributed by atoms with E-state index < -0.39 is 8.07 Å². The average molecular weight is 221 g/mol. The highest BCUT2D eigenvalue weighted by atomic mass is 28.3. The summed E-state index contributed by atoms with van der Waals surface area (Å²) in [6, 6.07) is 2.02. The quantitative estimate of drug-likeness (QED) is 0.341. The highest BCUT2D eigenvalue weighted by Crippen LogP contribution is 2.24. The number of hydrogen-bond acceptors (Lipinski definition) is 2. The maximum Gasteiger partial charge on any atom is 0.205 e. The Morgan fingerprint density at radius 2 is 1.47 bits per heavy atom. The molecule has 0 spiro atoms. The second-order valence-corrected chi connectivity index (χ2v) is 7.85. The van der Waals surface area contributed by atoms with E-state index in [9.17, 15) is 9.59 Å². The zero-order valence-corrected chi connectivity index (χ0v) is 10.00. The molecule has 0 unspecified atom stereocenters. The highest BCUT2D eigenvalue weighted by Gasteiger charge is 2.36. The van der Waals surface area contributed by atoms with Gasteiger partial charge in [0.25, 0.3) is 0 Å². The lowest BCUT2D eigenvalue weighted by atomic mass is 10.5. The zero-order valence-electron chi connectivity index (χ0n) is 9.00. The predicted molar refractivity (Wildman–Crippen MR) is 66.1 cm³/mol. The SMILES string of the molecule is C=CC[Si](CC=C)(CC=C)C(=O)C[C]=O. The summed E-state index contributed by atoms with van der Waals surface area (Å²) >= 11 is 0. The van der Waals surface area contributed by atoms with Gasteiger partial charge in [0.1, 0.15) is 13.5 Å². The lowest BCUT2D eigenvalue weighted by Crippen LogP contribution is -2.42. The minimum Gasteiger partial charge on any atom is -0.305 e. The molecule has 0 aromatic rings. The fraction of sp³-hybridized carbons (Fsp3) is 0.333. The van der Waals surface area contributed by atoms with Crippen molar-refractivity contribution in [2.75, 3.05) is 0 Å².